The third kappa shape index (κ3) is 5.32. The van der Waals surface area contributed by atoms with E-state index in [-0.39, 0.29) is 17.5 Å². The van der Waals surface area contributed by atoms with E-state index in [9.17, 15) is 14.4 Å². The van der Waals surface area contributed by atoms with E-state index in [0.29, 0.717) is 35.7 Å². The third-order valence-electron chi connectivity index (χ3n) is 6.52. The average Bonchev–Trinajstić information content (AvgIpc) is 3.33. The van der Waals surface area contributed by atoms with Crippen LogP contribution in [0.25, 0.3) is 23.0 Å². The molecule has 8 nitrogen and oxygen atoms in total. The number of fused-ring (bicyclic) bond motifs is 3. The monoisotopic (exact) mass is 539 g/mol. The molecule has 0 atom stereocenters. The van der Waals surface area contributed by atoms with Crippen molar-refractivity contribution >= 4 is 41.1 Å². The van der Waals surface area contributed by atoms with Crippen molar-refractivity contribution in [2.75, 3.05) is 11.9 Å². The Labute approximate surface area is 230 Å². The molecule has 1 aliphatic carbocycles. The Balaban J connectivity index is 1.52. The number of amides is 3. The molecule has 0 fully saturated rings. The number of nitrogens with zero attached hydrogens (tertiary/aromatic N) is 2. The van der Waals surface area contributed by atoms with Crippen LogP contribution in [0.4, 0.5) is 5.69 Å². The quantitative estimate of drug-likeness (QED) is 0.292. The number of nitrogens with one attached hydrogen (secondary N) is 2. The molecule has 1 heterocycles. The van der Waals surface area contributed by atoms with Crippen molar-refractivity contribution in [2.45, 2.75) is 19.8 Å². The second-order valence-corrected chi connectivity index (χ2v) is 9.48. The number of carbonyl (C=O) groups is 3. The molecule has 39 heavy (non-hydrogen) atoms. The highest BCUT2D eigenvalue weighted by Gasteiger charge is 2.28. The predicted octanol–water partition coefficient (Wildman–Crippen LogP) is 4.79. The van der Waals surface area contributed by atoms with Gasteiger partial charge >= 0.3 is 0 Å². The maximum absolute atomic E-state index is 12.9. The van der Waals surface area contributed by atoms with Gasteiger partial charge in [-0.05, 0) is 73.4 Å². The number of nitrogens with two attached hydrogens (primary N) is 1. The molecule has 5 rings (SSSR count). The SMILES string of the molecule is CCNC(=O)/C=C/c1ccc(-n2nc(C(N)=O)c3c2-c2cc(NC(=O)c4ccccc4Cl)ccc2CC3)cc1. The lowest BCUT2D eigenvalue weighted by Crippen LogP contribution is -2.19. The van der Waals surface area contributed by atoms with Gasteiger partial charge < -0.3 is 16.4 Å². The van der Waals surface area contributed by atoms with Gasteiger partial charge in [0.2, 0.25) is 5.91 Å². The van der Waals surface area contributed by atoms with Crippen molar-refractivity contribution in [1.82, 2.24) is 15.1 Å². The molecule has 0 unspecified atom stereocenters. The van der Waals surface area contributed by atoms with Crippen LogP contribution in [0.5, 0.6) is 0 Å². The Morgan fingerprint density at radius 1 is 1.05 bits per heavy atom. The van der Waals surface area contributed by atoms with E-state index in [1.807, 2.05) is 49.4 Å². The van der Waals surface area contributed by atoms with Crippen molar-refractivity contribution in [3.05, 3.63) is 106 Å². The number of hydrogen-bond donors (Lipinski definition) is 3. The van der Waals surface area contributed by atoms with E-state index in [1.54, 1.807) is 35.0 Å². The van der Waals surface area contributed by atoms with Gasteiger partial charge in [0, 0.05) is 29.4 Å². The van der Waals surface area contributed by atoms with Gasteiger partial charge in [-0.1, -0.05) is 41.9 Å². The molecular formula is C30H26ClN5O3. The number of carbonyl (C=O) groups excluding carboxylic acids is 3. The van der Waals surface area contributed by atoms with E-state index in [0.717, 1.165) is 33.6 Å². The van der Waals surface area contributed by atoms with E-state index in [4.69, 9.17) is 17.3 Å². The molecule has 9 heteroatoms. The Morgan fingerprint density at radius 3 is 2.54 bits per heavy atom. The van der Waals surface area contributed by atoms with Gasteiger partial charge in [-0.3, -0.25) is 14.4 Å². The molecule has 0 saturated carbocycles. The van der Waals surface area contributed by atoms with Crippen molar-refractivity contribution < 1.29 is 14.4 Å². The van der Waals surface area contributed by atoms with Crippen molar-refractivity contribution in [2.24, 2.45) is 5.73 Å². The van der Waals surface area contributed by atoms with Gasteiger partial charge in [0.25, 0.3) is 11.8 Å². The first-order valence-corrected chi connectivity index (χ1v) is 12.9. The summed E-state index contributed by atoms with van der Waals surface area (Å²) in [4.78, 5) is 37.0. The molecule has 196 valence electrons. The Hall–Kier alpha value is -4.69. The lowest BCUT2D eigenvalue weighted by Gasteiger charge is -2.20. The molecule has 1 aromatic heterocycles. The van der Waals surface area contributed by atoms with Crippen LogP contribution in [0, 0.1) is 0 Å². The Bertz CT molecular complexity index is 1620. The van der Waals surface area contributed by atoms with Crippen LogP contribution >= 0.6 is 11.6 Å². The lowest BCUT2D eigenvalue weighted by molar-refractivity contribution is -0.116. The summed E-state index contributed by atoms with van der Waals surface area (Å²) in [5.74, 6) is -1.08. The summed E-state index contributed by atoms with van der Waals surface area (Å²) in [6.45, 7) is 2.42. The van der Waals surface area contributed by atoms with Crippen molar-refractivity contribution in [1.29, 1.82) is 0 Å². The summed E-state index contributed by atoms with van der Waals surface area (Å²) in [6.07, 6.45) is 4.52. The molecule has 4 aromatic rings. The number of anilines is 1. The standard InChI is InChI=1S/C30H26ClN5O3/c1-2-33-26(37)16-9-18-7-13-21(14-8-18)36-28-23(27(35-36)29(32)38)15-11-19-10-12-20(17-24(19)28)34-30(39)22-5-3-4-6-25(22)31/h3-10,12-14,16-17H,2,11,15H2,1H3,(H2,32,38)(H,33,37)(H,34,39)/b16-9+. The van der Waals surface area contributed by atoms with Crippen LogP contribution < -0.4 is 16.4 Å². The Morgan fingerprint density at radius 2 is 1.82 bits per heavy atom. The summed E-state index contributed by atoms with van der Waals surface area (Å²) >= 11 is 6.21. The number of aryl methyl sites for hydroxylation is 1. The second kappa shape index (κ2) is 11.0. The van der Waals surface area contributed by atoms with E-state index in [2.05, 4.69) is 15.7 Å². The maximum atomic E-state index is 12.9. The normalized spacial score (nSPS) is 12.1. The summed E-state index contributed by atoms with van der Waals surface area (Å²) in [7, 11) is 0. The molecule has 0 spiro atoms. The third-order valence-corrected chi connectivity index (χ3v) is 6.85. The van der Waals surface area contributed by atoms with Crippen LogP contribution in [-0.4, -0.2) is 34.0 Å². The van der Waals surface area contributed by atoms with Crippen LogP contribution in [0.15, 0.2) is 72.8 Å². The number of halogens is 1. The first-order valence-electron chi connectivity index (χ1n) is 12.5. The van der Waals surface area contributed by atoms with Crippen LogP contribution in [-0.2, 0) is 17.6 Å². The zero-order chi connectivity index (χ0) is 27.5. The summed E-state index contributed by atoms with van der Waals surface area (Å²) in [5.41, 5.74) is 11.9. The molecule has 1 aliphatic rings. The number of likely N-dealkylation sites (N-methyl/N-ethyl adjacent to an activating group) is 1. The van der Waals surface area contributed by atoms with Crippen LogP contribution in [0.3, 0.4) is 0 Å². The van der Waals surface area contributed by atoms with Gasteiger partial charge in [0.15, 0.2) is 5.69 Å². The fourth-order valence-corrected chi connectivity index (χ4v) is 4.90. The number of primary amides is 1. The molecule has 4 N–H and O–H groups in total. The zero-order valence-corrected chi connectivity index (χ0v) is 22.0. The highest BCUT2D eigenvalue weighted by atomic mass is 35.5. The predicted molar refractivity (Wildman–Crippen MR) is 152 cm³/mol. The first-order chi connectivity index (χ1) is 18.9. The smallest absolute Gasteiger partial charge is 0.269 e. The summed E-state index contributed by atoms with van der Waals surface area (Å²) in [6, 6.07) is 20.0. The highest BCUT2D eigenvalue weighted by Crippen LogP contribution is 2.38. The van der Waals surface area contributed by atoms with Gasteiger partial charge in [0.1, 0.15) is 0 Å². The molecule has 3 aromatic carbocycles. The maximum Gasteiger partial charge on any atom is 0.269 e. The van der Waals surface area contributed by atoms with E-state index in [1.165, 1.54) is 6.08 Å². The lowest BCUT2D eigenvalue weighted by atomic mass is 9.88. The molecule has 0 bridgehead atoms. The van der Waals surface area contributed by atoms with Crippen molar-refractivity contribution in [3.63, 3.8) is 0 Å². The fraction of sp³-hybridized carbons (Fsp3) is 0.133. The second-order valence-electron chi connectivity index (χ2n) is 9.08. The van der Waals surface area contributed by atoms with E-state index < -0.39 is 5.91 Å². The average molecular weight is 540 g/mol. The first kappa shape index (κ1) is 25.9. The van der Waals surface area contributed by atoms with Crippen LogP contribution in [0.1, 0.15) is 44.5 Å². The minimum absolute atomic E-state index is 0.164. The number of aromatic nitrogens is 2. The van der Waals surface area contributed by atoms with Crippen molar-refractivity contribution in [3.8, 4) is 16.9 Å². The number of rotatable bonds is 7. The van der Waals surface area contributed by atoms with Crippen LogP contribution in [0.2, 0.25) is 5.02 Å². The number of hydrogen-bond acceptors (Lipinski definition) is 4. The zero-order valence-electron chi connectivity index (χ0n) is 21.2. The summed E-state index contributed by atoms with van der Waals surface area (Å²) < 4.78 is 1.71. The topological polar surface area (TPSA) is 119 Å². The molecule has 3 amide bonds. The largest absolute Gasteiger partial charge is 0.364 e. The van der Waals surface area contributed by atoms with Gasteiger partial charge in [-0.25, -0.2) is 4.68 Å². The van der Waals surface area contributed by atoms with Gasteiger partial charge in [0.05, 0.1) is 22.0 Å². The minimum atomic E-state index is -0.599. The highest BCUT2D eigenvalue weighted by molar-refractivity contribution is 6.34. The fourth-order valence-electron chi connectivity index (χ4n) is 4.68. The number of benzene rings is 3. The van der Waals surface area contributed by atoms with E-state index >= 15 is 0 Å². The summed E-state index contributed by atoms with van der Waals surface area (Å²) in [5, 5.41) is 10.6. The van der Waals surface area contributed by atoms with Gasteiger partial charge in [-0.2, -0.15) is 5.10 Å². The molecular weight excluding hydrogens is 514 g/mol. The molecule has 0 saturated heterocycles. The minimum Gasteiger partial charge on any atom is -0.364 e. The molecule has 0 aliphatic heterocycles. The van der Waals surface area contributed by atoms with Gasteiger partial charge in [-0.15, -0.1) is 0 Å². The molecule has 0 radical (unpaired) electrons. The Kier molecular flexibility index (Phi) is 7.29.